The van der Waals surface area contributed by atoms with Gasteiger partial charge in [0.05, 0.1) is 16.3 Å². The lowest BCUT2D eigenvalue weighted by molar-refractivity contribution is 0.0934. The van der Waals surface area contributed by atoms with Gasteiger partial charge in [0.25, 0.3) is 5.91 Å². The number of aryl methyl sites for hydroxylation is 1. The molecule has 0 bridgehead atoms. The van der Waals surface area contributed by atoms with Gasteiger partial charge in [-0.3, -0.25) is 4.79 Å². The van der Waals surface area contributed by atoms with Crippen molar-refractivity contribution >= 4 is 17.2 Å². The molecule has 1 amide bonds. The number of nitrogens with two attached hydrogens (primary N) is 1. The van der Waals surface area contributed by atoms with Crippen LogP contribution in [0.1, 0.15) is 65.1 Å². The minimum atomic E-state index is 0.0504. The predicted octanol–water partition coefficient (Wildman–Crippen LogP) is 3.21. The van der Waals surface area contributed by atoms with Crippen LogP contribution < -0.4 is 11.1 Å². The average molecular weight is 304 g/mol. The first kappa shape index (κ1) is 16.1. The summed E-state index contributed by atoms with van der Waals surface area (Å²) in [5.41, 5.74) is 6.46. The van der Waals surface area contributed by atoms with Gasteiger partial charge in [0.1, 0.15) is 0 Å². The lowest BCUT2D eigenvalue weighted by Crippen LogP contribution is -2.34. The molecule has 0 spiro atoms. The van der Waals surface area contributed by atoms with Crippen molar-refractivity contribution in [2.45, 2.75) is 57.9 Å². The van der Waals surface area contributed by atoms with Gasteiger partial charge in [-0.25, -0.2) is 0 Å². The Morgan fingerprint density at radius 2 is 2.00 bits per heavy atom. The lowest BCUT2D eigenvalue weighted by Gasteiger charge is -2.20. The van der Waals surface area contributed by atoms with Gasteiger partial charge in [-0.15, -0.1) is 11.3 Å². The van der Waals surface area contributed by atoms with Crippen LogP contribution in [0.25, 0.3) is 0 Å². The third-order valence-corrected chi connectivity index (χ3v) is 5.04. The van der Waals surface area contributed by atoms with E-state index in [1.165, 1.54) is 43.4 Å². The molecule has 1 aromatic rings. The molecule has 3 N–H and O–H groups in total. The van der Waals surface area contributed by atoms with Crippen LogP contribution in [-0.2, 0) is 0 Å². The van der Waals surface area contributed by atoms with E-state index in [4.69, 9.17) is 5.73 Å². The summed E-state index contributed by atoms with van der Waals surface area (Å²) >= 11 is 1.46. The number of hydrogen-bond donors (Lipinski definition) is 2. The SMILES string of the molecule is Cc1cc(C(=O)NC2CCCCCCC2)sc1C#CCN. The summed E-state index contributed by atoms with van der Waals surface area (Å²) in [6.45, 7) is 2.34. The Hall–Kier alpha value is -1.31. The first-order valence-electron chi connectivity index (χ1n) is 7.81. The summed E-state index contributed by atoms with van der Waals surface area (Å²) in [7, 11) is 0. The number of hydrogen-bond acceptors (Lipinski definition) is 3. The van der Waals surface area contributed by atoms with E-state index >= 15 is 0 Å². The molecular weight excluding hydrogens is 280 g/mol. The van der Waals surface area contributed by atoms with Gasteiger partial charge >= 0.3 is 0 Å². The Morgan fingerprint density at radius 1 is 1.33 bits per heavy atom. The molecule has 2 rings (SSSR count). The van der Waals surface area contributed by atoms with Crippen molar-refractivity contribution in [3.63, 3.8) is 0 Å². The van der Waals surface area contributed by atoms with Crippen LogP contribution in [-0.4, -0.2) is 18.5 Å². The van der Waals surface area contributed by atoms with Crippen LogP contribution in [0.4, 0.5) is 0 Å². The second-order valence-corrected chi connectivity index (χ2v) is 6.70. The monoisotopic (exact) mass is 304 g/mol. The fourth-order valence-corrected chi connectivity index (χ4v) is 3.66. The Kier molecular flexibility index (Phi) is 6.28. The molecule has 21 heavy (non-hydrogen) atoms. The molecule has 1 aromatic heterocycles. The fraction of sp³-hybridized carbons (Fsp3) is 0.588. The molecule has 1 heterocycles. The number of carbonyl (C=O) groups excluding carboxylic acids is 1. The number of nitrogens with one attached hydrogen (secondary N) is 1. The molecule has 4 heteroatoms. The standard InChI is InChI=1S/C17H24N2OS/c1-13-12-16(21-15(13)10-7-11-18)17(20)19-14-8-5-3-2-4-6-9-14/h12,14H,2-6,8-9,11,18H2,1H3,(H,19,20). The number of thiophene rings is 1. The molecule has 1 fully saturated rings. The minimum absolute atomic E-state index is 0.0504. The molecule has 0 saturated heterocycles. The van der Waals surface area contributed by atoms with Crippen LogP contribution in [0.15, 0.2) is 6.07 Å². The van der Waals surface area contributed by atoms with Gasteiger partial charge in [-0.1, -0.05) is 43.9 Å². The molecule has 1 aliphatic carbocycles. The number of rotatable bonds is 2. The Balaban J connectivity index is 1.99. The summed E-state index contributed by atoms with van der Waals surface area (Å²) in [6, 6.07) is 2.27. The van der Waals surface area contributed by atoms with Crippen molar-refractivity contribution in [3.05, 3.63) is 21.4 Å². The highest BCUT2D eigenvalue weighted by molar-refractivity contribution is 7.14. The van der Waals surface area contributed by atoms with E-state index in [0.29, 0.717) is 12.6 Å². The molecule has 0 aliphatic heterocycles. The summed E-state index contributed by atoms with van der Waals surface area (Å²) in [6.07, 6.45) is 8.59. The Bertz CT molecular complexity index is 531. The van der Waals surface area contributed by atoms with Gasteiger partial charge in [0.2, 0.25) is 0 Å². The highest BCUT2D eigenvalue weighted by Crippen LogP contribution is 2.22. The van der Waals surface area contributed by atoms with E-state index < -0.39 is 0 Å². The summed E-state index contributed by atoms with van der Waals surface area (Å²) in [5.74, 6) is 5.93. The fourth-order valence-electron chi connectivity index (χ4n) is 2.71. The summed E-state index contributed by atoms with van der Waals surface area (Å²) in [5, 5.41) is 3.20. The first-order chi connectivity index (χ1) is 10.2. The van der Waals surface area contributed by atoms with Crippen LogP contribution in [0, 0.1) is 18.8 Å². The highest BCUT2D eigenvalue weighted by atomic mass is 32.1. The molecule has 0 radical (unpaired) electrons. The van der Waals surface area contributed by atoms with Crippen molar-refractivity contribution in [2.24, 2.45) is 5.73 Å². The van der Waals surface area contributed by atoms with Crippen LogP contribution >= 0.6 is 11.3 Å². The zero-order valence-electron chi connectivity index (χ0n) is 12.7. The van der Waals surface area contributed by atoms with Crippen molar-refractivity contribution in [2.75, 3.05) is 6.54 Å². The molecule has 3 nitrogen and oxygen atoms in total. The van der Waals surface area contributed by atoms with Gasteiger partial charge in [-0.2, -0.15) is 0 Å². The van der Waals surface area contributed by atoms with E-state index in [2.05, 4.69) is 17.2 Å². The number of amides is 1. The third-order valence-electron chi connectivity index (χ3n) is 3.89. The Labute approximate surface area is 131 Å². The van der Waals surface area contributed by atoms with Crippen molar-refractivity contribution in [3.8, 4) is 11.8 Å². The zero-order chi connectivity index (χ0) is 15.1. The molecular formula is C17H24N2OS. The topological polar surface area (TPSA) is 55.1 Å². The molecule has 0 aromatic carbocycles. The maximum absolute atomic E-state index is 12.4. The number of carbonyl (C=O) groups is 1. The maximum Gasteiger partial charge on any atom is 0.261 e. The molecule has 0 atom stereocenters. The minimum Gasteiger partial charge on any atom is -0.349 e. The maximum atomic E-state index is 12.4. The molecule has 0 unspecified atom stereocenters. The van der Waals surface area contributed by atoms with Gasteiger partial charge < -0.3 is 11.1 Å². The largest absolute Gasteiger partial charge is 0.349 e. The van der Waals surface area contributed by atoms with Gasteiger partial charge in [-0.05, 0) is 31.4 Å². The van der Waals surface area contributed by atoms with Crippen molar-refractivity contribution in [1.29, 1.82) is 0 Å². The van der Waals surface area contributed by atoms with Crippen LogP contribution in [0.2, 0.25) is 0 Å². The lowest BCUT2D eigenvalue weighted by atomic mass is 9.97. The molecule has 1 saturated carbocycles. The zero-order valence-corrected chi connectivity index (χ0v) is 13.5. The van der Waals surface area contributed by atoms with E-state index in [9.17, 15) is 4.79 Å². The molecule has 1 aliphatic rings. The van der Waals surface area contributed by atoms with Crippen LogP contribution in [0.3, 0.4) is 0 Å². The first-order valence-corrected chi connectivity index (χ1v) is 8.62. The normalized spacial score (nSPS) is 16.5. The van der Waals surface area contributed by atoms with E-state index in [1.807, 2.05) is 13.0 Å². The smallest absolute Gasteiger partial charge is 0.261 e. The van der Waals surface area contributed by atoms with Crippen molar-refractivity contribution < 1.29 is 4.79 Å². The van der Waals surface area contributed by atoms with Crippen molar-refractivity contribution in [1.82, 2.24) is 5.32 Å². The van der Waals surface area contributed by atoms with Crippen LogP contribution in [0.5, 0.6) is 0 Å². The predicted molar refractivity (Wildman–Crippen MR) is 88.6 cm³/mol. The Morgan fingerprint density at radius 3 is 2.67 bits per heavy atom. The quantitative estimate of drug-likeness (QED) is 0.824. The second-order valence-electron chi connectivity index (χ2n) is 5.64. The molecule has 114 valence electrons. The average Bonchev–Trinajstić information content (AvgIpc) is 2.80. The summed E-state index contributed by atoms with van der Waals surface area (Å²) < 4.78 is 0. The van der Waals surface area contributed by atoms with E-state index in [0.717, 1.165) is 28.2 Å². The highest BCUT2D eigenvalue weighted by Gasteiger charge is 2.17. The second kappa shape index (κ2) is 8.21. The van der Waals surface area contributed by atoms with Gasteiger partial charge in [0.15, 0.2) is 0 Å². The summed E-state index contributed by atoms with van der Waals surface area (Å²) in [4.78, 5) is 14.1. The van der Waals surface area contributed by atoms with E-state index in [-0.39, 0.29) is 5.91 Å². The van der Waals surface area contributed by atoms with Gasteiger partial charge in [0, 0.05) is 6.04 Å². The third kappa shape index (κ3) is 4.87. The van der Waals surface area contributed by atoms with E-state index in [1.54, 1.807) is 0 Å².